The Morgan fingerprint density at radius 2 is 0.831 bits per heavy atom. The molecule has 2 aliphatic rings. The molecule has 2 heteroatoms. The van der Waals surface area contributed by atoms with Gasteiger partial charge in [0.15, 0.2) is 0 Å². The molecule has 0 N–H and O–H groups in total. The van der Waals surface area contributed by atoms with E-state index in [-0.39, 0.29) is 0 Å². The van der Waals surface area contributed by atoms with E-state index in [0.29, 0.717) is 0 Å². The molecule has 2 aliphatic carbocycles. The second-order valence-electron chi connectivity index (χ2n) is 15.6. The van der Waals surface area contributed by atoms with Gasteiger partial charge >= 0.3 is 0 Å². The van der Waals surface area contributed by atoms with Gasteiger partial charge in [-0.15, -0.1) is 0 Å². The van der Waals surface area contributed by atoms with Crippen molar-refractivity contribution in [3.8, 4) is 33.4 Å². The van der Waals surface area contributed by atoms with E-state index < -0.39 is 5.41 Å². The number of para-hydroxylation sites is 1. The Bertz CT molecular complexity index is 3210. The highest BCUT2D eigenvalue weighted by Crippen LogP contribution is 2.59. The molecule has 0 fully saturated rings. The summed E-state index contributed by atoms with van der Waals surface area (Å²) in [5.41, 5.74) is 19.8. The zero-order valence-corrected chi connectivity index (χ0v) is 32.2. The molecule has 12 rings (SSSR count). The largest absolute Gasteiger partial charge is 0.456 e. The first-order valence-corrected chi connectivity index (χ1v) is 20.3. The second-order valence-corrected chi connectivity index (χ2v) is 15.6. The quantitative estimate of drug-likeness (QED) is 0.174. The van der Waals surface area contributed by atoms with Crippen molar-refractivity contribution >= 4 is 51.2 Å². The fourth-order valence-electron chi connectivity index (χ4n) is 9.87. The molecular formula is C57H37NO. The molecule has 0 amide bonds. The normalized spacial score (nSPS) is 13.2. The van der Waals surface area contributed by atoms with Crippen molar-refractivity contribution in [1.82, 2.24) is 0 Å². The smallest absolute Gasteiger partial charge is 0.135 e. The van der Waals surface area contributed by atoms with E-state index >= 15 is 0 Å². The minimum atomic E-state index is -0.428. The summed E-state index contributed by atoms with van der Waals surface area (Å²) in [7, 11) is 0. The lowest BCUT2D eigenvalue weighted by Gasteiger charge is -2.35. The molecule has 59 heavy (non-hydrogen) atoms. The van der Waals surface area contributed by atoms with Crippen LogP contribution in [-0.4, -0.2) is 0 Å². The molecule has 0 unspecified atom stereocenters. The van der Waals surface area contributed by atoms with Crippen LogP contribution in [0, 0.1) is 0 Å². The summed E-state index contributed by atoms with van der Waals surface area (Å²) in [6.07, 6.45) is 4.58. The van der Waals surface area contributed by atoms with Gasteiger partial charge in [-0.25, -0.2) is 0 Å². The van der Waals surface area contributed by atoms with Gasteiger partial charge in [-0.1, -0.05) is 170 Å². The summed E-state index contributed by atoms with van der Waals surface area (Å²) in [5, 5.41) is 2.22. The third kappa shape index (κ3) is 5.13. The highest BCUT2D eigenvalue weighted by molar-refractivity contribution is 6.06. The molecule has 1 spiro atoms. The zero-order valence-electron chi connectivity index (χ0n) is 32.2. The number of benzene rings is 9. The van der Waals surface area contributed by atoms with E-state index in [1.165, 1.54) is 66.8 Å². The number of fused-ring (bicyclic) bond motifs is 12. The average molecular weight is 752 g/mol. The van der Waals surface area contributed by atoms with E-state index in [1.54, 1.807) is 0 Å². The number of hydrogen-bond donors (Lipinski definition) is 0. The molecule has 10 aromatic rings. The van der Waals surface area contributed by atoms with Gasteiger partial charge in [0.05, 0.1) is 5.41 Å². The Hall–Kier alpha value is -7.68. The van der Waals surface area contributed by atoms with Crippen molar-refractivity contribution in [2.75, 3.05) is 4.90 Å². The first-order chi connectivity index (χ1) is 29.2. The monoisotopic (exact) mass is 751 g/mol. The topological polar surface area (TPSA) is 16.4 Å². The maximum absolute atomic E-state index is 6.24. The third-order valence-electron chi connectivity index (χ3n) is 12.5. The van der Waals surface area contributed by atoms with Crippen molar-refractivity contribution in [2.45, 2.75) is 5.41 Å². The Kier molecular flexibility index (Phi) is 7.48. The van der Waals surface area contributed by atoms with Crippen LogP contribution in [0.25, 0.3) is 67.5 Å². The van der Waals surface area contributed by atoms with Crippen LogP contribution in [-0.2, 0) is 5.41 Å². The molecule has 0 radical (unpaired) electrons. The zero-order chi connectivity index (χ0) is 38.9. The Morgan fingerprint density at radius 1 is 0.322 bits per heavy atom. The van der Waals surface area contributed by atoms with Crippen LogP contribution in [0.4, 0.5) is 17.1 Å². The maximum Gasteiger partial charge on any atom is 0.135 e. The molecule has 0 bridgehead atoms. The van der Waals surface area contributed by atoms with E-state index in [1.807, 2.05) is 12.1 Å². The van der Waals surface area contributed by atoms with Gasteiger partial charge in [0, 0.05) is 27.8 Å². The first-order valence-electron chi connectivity index (χ1n) is 20.3. The molecule has 0 saturated carbocycles. The van der Waals surface area contributed by atoms with E-state index in [4.69, 9.17) is 4.42 Å². The van der Waals surface area contributed by atoms with Gasteiger partial charge < -0.3 is 9.32 Å². The van der Waals surface area contributed by atoms with Crippen LogP contribution < -0.4 is 4.90 Å². The van der Waals surface area contributed by atoms with E-state index in [9.17, 15) is 0 Å². The van der Waals surface area contributed by atoms with Crippen LogP contribution in [0.5, 0.6) is 0 Å². The minimum Gasteiger partial charge on any atom is -0.456 e. The molecule has 2 nitrogen and oxygen atoms in total. The van der Waals surface area contributed by atoms with Gasteiger partial charge in [-0.3, -0.25) is 0 Å². The molecule has 1 aromatic heterocycles. The molecule has 1 heterocycles. The van der Waals surface area contributed by atoms with Crippen molar-refractivity contribution in [3.05, 3.63) is 246 Å². The summed E-state index contributed by atoms with van der Waals surface area (Å²) in [5.74, 6) is 0. The fourth-order valence-corrected chi connectivity index (χ4v) is 9.87. The summed E-state index contributed by atoms with van der Waals surface area (Å²) in [6, 6.07) is 77.3. The molecule has 0 aliphatic heterocycles. The number of rotatable bonds is 5. The number of anilines is 3. The van der Waals surface area contributed by atoms with Gasteiger partial charge in [-0.05, 0) is 121 Å². The summed E-state index contributed by atoms with van der Waals surface area (Å²) in [6.45, 7) is 0. The van der Waals surface area contributed by atoms with Crippen molar-refractivity contribution < 1.29 is 4.42 Å². The SMILES string of the molecule is C1=Cc2ccccc2C2(c3ccccc31)c1ccccc1-c1cc(-c3ccc(N(c4ccc(-c5ccccc5)cc4)c4ccc5oc6ccccc6c5c4)cc3)ccc12. The Labute approximate surface area is 343 Å². The molecule has 9 aromatic carbocycles. The summed E-state index contributed by atoms with van der Waals surface area (Å²) >= 11 is 0. The standard InChI is InChI=1S/C57H37NO/c1-2-12-38(13-3-1)39-24-29-44(30-25-39)58(46-33-35-56-50(37-46)48-17-7-11-21-55(48)59-56)45-31-26-40(27-32-45)43-28-34-54-49(36-43)47-16-6-10-20-53(47)57(54)51-18-8-4-14-41(51)22-23-42-15-5-9-19-52(42)57/h1-37H. The van der Waals surface area contributed by atoms with Crippen LogP contribution in [0.1, 0.15) is 33.4 Å². The molecule has 0 saturated heterocycles. The Morgan fingerprint density at radius 3 is 1.54 bits per heavy atom. The van der Waals surface area contributed by atoms with Gasteiger partial charge in [0.2, 0.25) is 0 Å². The third-order valence-corrected chi connectivity index (χ3v) is 12.5. The van der Waals surface area contributed by atoms with Crippen molar-refractivity contribution in [1.29, 1.82) is 0 Å². The summed E-state index contributed by atoms with van der Waals surface area (Å²) < 4.78 is 6.24. The number of nitrogens with zero attached hydrogens (tertiary/aromatic N) is 1. The Balaban J connectivity index is 0.981. The van der Waals surface area contributed by atoms with Crippen LogP contribution in [0.2, 0.25) is 0 Å². The predicted molar refractivity (Wildman–Crippen MR) is 246 cm³/mol. The average Bonchev–Trinajstić information content (AvgIpc) is 3.77. The lowest BCUT2D eigenvalue weighted by Crippen LogP contribution is -2.29. The van der Waals surface area contributed by atoms with E-state index in [2.05, 4.69) is 217 Å². The molecule has 0 atom stereocenters. The minimum absolute atomic E-state index is 0.428. The highest BCUT2D eigenvalue weighted by Gasteiger charge is 2.48. The van der Waals surface area contributed by atoms with Gasteiger partial charge in [0.25, 0.3) is 0 Å². The highest BCUT2D eigenvalue weighted by atomic mass is 16.3. The van der Waals surface area contributed by atoms with Crippen molar-refractivity contribution in [2.24, 2.45) is 0 Å². The number of hydrogen-bond acceptors (Lipinski definition) is 2. The molecule has 276 valence electrons. The first kappa shape index (κ1) is 33.5. The van der Waals surface area contributed by atoms with Crippen LogP contribution in [0.15, 0.2) is 217 Å². The summed E-state index contributed by atoms with van der Waals surface area (Å²) in [4.78, 5) is 2.34. The number of furan rings is 1. The maximum atomic E-state index is 6.24. The van der Waals surface area contributed by atoms with Gasteiger partial charge in [-0.2, -0.15) is 0 Å². The lowest BCUT2D eigenvalue weighted by molar-refractivity contribution is 0.669. The fraction of sp³-hybridized carbons (Fsp3) is 0.0175. The van der Waals surface area contributed by atoms with Crippen molar-refractivity contribution in [3.63, 3.8) is 0 Å². The lowest BCUT2D eigenvalue weighted by atomic mass is 9.66. The predicted octanol–water partition coefficient (Wildman–Crippen LogP) is 15.2. The van der Waals surface area contributed by atoms with Gasteiger partial charge in [0.1, 0.15) is 11.2 Å². The van der Waals surface area contributed by atoms with Crippen LogP contribution >= 0.6 is 0 Å². The van der Waals surface area contributed by atoms with E-state index in [0.717, 1.165) is 39.0 Å². The molecular weight excluding hydrogens is 715 g/mol. The second kappa shape index (κ2) is 13.2. The van der Waals surface area contributed by atoms with Crippen LogP contribution in [0.3, 0.4) is 0 Å².